The van der Waals surface area contributed by atoms with Gasteiger partial charge in [0.1, 0.15) is 6.61 Å². The van der Waals surface area contributed by atoms with Crippen LogP contribution in [0.4, 0.5) is 4.79 Å². The molecule has 1 aromatic carbocycles. The minimum absolute atomic E-state index is 0.141. The van der Waals surface area contributed by atoms with E-state index in [2.05, 4.69) is 10.6 Å². The number of alkyl carbamates (subject to hydrolysis) is 1. The van der Waals surface area contributed by atoms with Crippen molar-refractivity contribution in [1.82, 2.24) is 10.6 Å². The summed E-state index contributed by atoms with van der Waals surface area (Å²) in [6.07, 6.45) is -0.796. The topological polar surface area (TPSA) is 87.7 Å². The highest BCUT2D eigenvalue weighted by molar-refractivity contribution is 5.90. The van der Waals surface area contributed by atoms with Crippen LogP contribution in [0.25, 0.3) is 0 Å². The smallest absolute Gasteiger partial charge is 0.408 e. The third kappa shape index (κ3) is 5.32. The van der Waals surface area contributed by atoms with Crippen molar-refractivity contribution in [2.45, 2.75) is 39.0 Å². The quantitative estimate of drug-likeness (QED) is 0.703. The van der Waals surface area contributed by atoms with Crippen molar-refractivity contribution in [3.05, 3.63) is 35.9 Å². The Hall–Kier alpha value is -1.92. The zero-order valence-corrected chi connectivity index (χ0v) is 14.2. The van der Waals surface area contributed by atoms with Gasteiger partial charge in [0, 0.05) is 13.1 Å². The molecule has 1 heterocycles. The Morgan fingerprint density at radius 2 is 2.00 bits per heavy atom. The standard InChI is InChI=1S/C18H26N2O4/c1-12(2)8-15(17(22)14-9-19-10-16(14)21)20-18(23)24-11-13-6-4-3-5-7-13/h3-7,12,14-16,19,21H,8-11H2,1-2H3,(H,20,23)/t14?,15-,16?/m0/s1. The lowest BCUT2D eigenvalue weighted by atomic mass is 9.90. The maximum Gasteiger partial charge on any atom is 0.408 e. The van der Waals surface area contributed by atoms with Crippen LogP contribution < -0.4 is 10.6 Å². The lowest BCUT2D eigenvalue weighted by molar-refractivity contribution is -0.127. The molecule has 1 aliphatic rings. The lowest BCUT2D eigenvalue weighted by Gasteiger charge is -2.23. The second kappa shape index (κ2) is 8.80. The number of aliphatic hydroxyl groups excluding tert-OH is 1. The van der Waals surface area contributed by atoms with Crippen LogP contribution in [0, 0.1) is 11.8 Å². The molecule has 3 N–H and O–H groups in total. The molecule has 0 bridgehead atoms. The molecule has 0 radical (unpaired) electrons. The van der Waals surface area contributed by atoms with Crippen molar-refractivity contribution in [3.63, 3.8) is 0 Å². The third-order valence-corrected chi connectivity index (χ3v) is 4.10. The molecule has 6 heteroatoms. The van der Waals surface area contributed by atoms with E-state index in [0.29, 0.717) is 19.5 Å². The van der Waals surface area contributed by atoms with Gasteiger partial charge in [-0.25, -0.2) is 4.79 Å². The maximum atomic E-state index is 12.6. The Labute approximate surface area is 142 Å². The largest absolute Gasteiger partial charge is 0.445 e. The van der Waals surface area contributed by atoms with Gasteiger partial charge in [0.25, 0.3) is 0 Å². The van der Waals surface area contributed by atoms with Gasteiger partial charge in [-0.2, -0.15) is 0 Å². The van der Waals surface area contributed by atoms with E-state index in [1.807, 2.05) is 44.2 Å². The first-order chi connectivity index (χ1) is 11.5. The molecule has 3 atom stereocenters. The fourth-order valence-electron chi connectivity index (χ4n) is 2.84. The summed E-state index contributed by atoms with van der Waals surface area (Å²) in [7, 11) is 0. The molecule has 0 aromatic heterocycles. The number of Topliss-reactive ketones (excluding diaryl/α,β-unsaturated/α-hetero) is 1. The Morgan fingerprint density at radius 1 is 1.29 bits per heavy atom. The van der Waals surface area contributed by atoms with E-state index in [0.717, 1.165) is 5.56 Å². The van der Waals surface area contributed by atoms with E-state index in [4.69, 9.17) is 4.74 Å². The van der Waals surface area contributed by atoms with Crippen LogP contribution in [0.1, 0.15) is 25.8 Å². The molecule has 0 saturated carbocycles. The zero-order chi connectivity index (χ0) is 17.5. The van der Waals surface area contributed by atoms with E-state index >= 15 is 0 Å². The van der Waals surface area contributed by atoms with Crippen molar-refractivity contribution >= 4 is 11.9 Å². The third-order valence-electron chi connectivity index (χ3n) is 4.10. The van der Waals surface area contributed by atoms with Crippen molar-refractivity contribution < 1.29 is 19.4 Å². The summed E-state index contributed by atoms with van der Waals surface area (Å²) in [6.45, 7) is 4.97. The first kappa shape index (κ1) is 18.4. The molecule has 1 aromatic rings. The van der Waals surface area contributed by atoms with Gasteiger partial charge in [-0.05, 0) is 17.9 Å². The molecule has 1 fully saturated rings. The number of aliphatic hydroxyl groups is 1. The number of benzene rings is 1. The number of carbonyl (C=O) groups is 2. The van der Waals surface area contributed by atoms with Gasteiger partial charge < -0.3 is 20.5 Å². The second-order valence-corrected chi connectivity index (χ2v) is 6.62. The van der Waals surface area contributed by atoms with Crippen LogP contribution in [-0.4, -0.2) is 42.2 Å². The van der Waals surface area contributed by atoms with E-state index in [1.54, 1.807) is 0 Å². The number of hydrogen-bond donors (Lipinski definition) is 3. The summed E-state index contributed by atoms with van der Waals surface area (Å²) in [5, 5.41) is 15.6. The predicted octanol–water partition coefficient (Wildman–Crippen LogP) is 1.48. The summed E-state index contributed by atoms with van der Waals surface area (Å²) in [5.41, 5.74) is 0.884. The molecule has 0 aliphatic carbocycles. The number of carbonyl (C=O) groups excluding carboxylic acids is 2. The van der Waals surface area contributed by atoms with E-state index in [-0.39, 0.29) is 18.3 Å². The summed E-state index contributed by atoms with van der Waals surface area (Å²) in [4.78, 5) is 24.7. The number of ether oxygens (including phenoxy) is 1. The molecule has 132 valence electrons. The van der Waals surface area contributed by atoms with Crippen molar-refractivity contribution in [3.8, 4) is 0 Å². The fourth-order valence-corrected chi connectivity index (χ4v) is 2.84. The average Bonchev–Trinajstić information content (AvgIpc) is 2.98. The van der Waals surface area contributed by atoms with Crippen LogP contribution in [0.15, 0.2) is 30.3 Å². The van der Waals surface area contributed by atoms with Gasteiger partial charge in [-0.15, -0.1) is 0 Å². The van der Waals surface area contributed by atoms with Crippen molar-refractivity contribution in [2.75, 3.05) is 13.1 Å². The zero-order valence-electron chi connectivity index (χ0n) is 14.2. The Kier molecular flexibility index (Phi) is 6.75. The van der Waals surface area contributed by atoms with Crippen LogP contribution >= 0.6 is 0 Å². The average molecular weight is 334 g/mol. The highest BCUT2D eigenvalue weighted by Crippen LogP contribution is 2.16. The number of ketones is 1. The van der Waals surface area contributed by atoms with Gasteiger partial charge in [-0.3, -0.25) is 4.79 Å². The van der Waals surface area contributed by atoms with Gasteiger partial charge in [-0.1, -0.05) is 44.2 Å². The minimum Gasteiger partial charge on any atom is -0.445 e. The van der Waals surface area contributed by atoms with Gasteiger partial charge in [0.05, 0.1) is 18.1 Å². The summed E-state index contributed by atoms with van der Waals surface area (Å²) in [6, 6.07) is 8.72. The summed E-state index contributed by atoms with van der Waals surface area (Å²) < 4.78 is 5.20. The Morgan fingerprint density at radius 3 is 2.58 bits per heavy atom. The van der Waals surface area contributed by atoms with Crippen molar-refractivity contribution in [2.24, 2.45) is 11.8 Å². The molecule has 0 spiro atoms. The molecular formula is C18H26N2O4. The maximum absolute atomic E-state index is 12.6. The summed E-state index contributed by atoms with van der Waals surface area (Å²) in [5.74, 6) is -0.388. The molecular weight excluding hydrogens is 308 g/mol. The van der Waals surface area contributed by atoms with Crippen LogP contribution in [0.5, 0.6) is 0 Å². The molecule has 6 nitrogen and oxygen atoms in total. The van der Waals surface area contributed by atoms with Gasteiger partial charge in [0.15, 0.2) is 5.78 Å². The number of β-amino-alcohol motifs (C(OH)–C–C–N with tert-alkyl or cyclic N) is 1. The van der Waals surface area contributed by atoms with Crippen molar-refractivity contribution in [1.29, 1.82) is 0 Å². The van der Waals surface area contributed by atoms with Crippen LogP contribution in [0.3, 0.4) is 0 Å². The first-order valence-corrected chi connectivity index (χ1v) is 8.37. The minimum atomic E-state index is -0.700. The number of nitrogens with one attached hydrogen (secondary N) is 2. The molecule has 24 heavy (non-hydrogen) atoms. The first-order valence-electron chi connectivity index (χ1n) is 8.37. The van der Waals surface area contributed by atoms with Gasteiger partial charge in [0.2, 0.25) is 0 Å². The van der Waals surface area contributed by atoms with Crippen LogP contribution in [-0.2, 0) is 16.1 Å². The normalized spacial score (nSPS) is 21.5. The molecule has 2 unspecified atom stereocenters. The Balaban J connectivity index is 1.92. The molecule has 1 saturated heterocycles. The SMILES string of the molecule is CC(C)C[C@H](NC(=O)OCc1ccccc1)C(=O)C1CNCC1O. The van der Waals surface area contributed by atoms with Gasteiger partial charge >= 0.3 is 6.09 Å². The predicted molar refractivity (Wildman–Crippen MR) is 90.4 cm³/mol. The highest BCUT2D eigenvalue weighted by atomic mass is 16.5. The fraction of sp³-hybridized carbons (Fsp3) is 0.556. The summed E-state index contributed by atoms with van der Waals surface area (Å²) >= 11 is 0. The number of amides is 1. The monoisotopic (exact) mass is 334 g/mol. The highest BCUT2D eigenvalue weighted by Gasteiger charge is 2.36. The molecule has 2 rings (SSSR count). The van der Waals surface area contributed by atoms with Crippen LogP contribution in [0.2, 0.25) is 0 Å². The molecule has 1 aliphatic heterocycles. The molecule has 1 amide bonds. The van der Waals surface area contributed by atoms with E-state index < -0.39 is 24.2 Å². The second-order valence-electron chi connectivity index (χ2n) is 6.62. The Bertz CT molecular complexity index is 547. The van der Waals surface area contributed by atoms with E-state index in [9.17, 15) is 14.7 Å². The lowest BCUT2D eigenvalue weighted by Crippen LogP contribution is -2.47. The van der Waals surface area contributed by atoms with E-state index in [1.165, 1.54) is 0 Å². The number of rotatable bonds is 7. The number of hydrogen-bond acceptors (Lipinski definition) is 5.